The van der Waals surface area contributed by atoms with Crippen LogP contribution in [0.5, 0.6) is 0 Å². The van der Waals surface area contributed by atoms with Crippen molar-refractivity contribution >= 4 is 37.3 Å². The fourth-order valence-corrected chi connectivity index (χ4v) is 6.72. The Bertz CT molecular complexity index is 586. The van der Waals surface area contributed by atoms with E-state index in [1.54, 1.807) is 6.07 Å². The Morgan fingerprint density at radius 2 is 2.10 bits per heavy atom. The molecule has 1 saturated carbocycles. The first kappa shape index (κ1) is 17.4. The zero-order valence-corrected chi connectivity index (χ0v) is 15.9. The molecule has 4 nitrogen and oxygen atoms in total. The van der Waals surface area contributed by atoms with Crippen LogP contribution in [-0.4, -0.2) is 21.0 Å². The summed E-state index contributed by atoms with van der Waals surface area (Å²) in [5.41, 5.74) is 0. The summed E-state index contributed by atoms with van der Waals surface area (Å²) in [5.74, 6) is 0.964. The molecule has 7 heteroatoms. The molecule has 0 spiro atoms. The Balaban J connectivity index is 2.14. The number of halogens is 1. The topological polar surface area (TPSA) is 58.2 Å². The van der Waals surface area contributed by atoms with Gasteiger partial charge in [0.25, 0.3) is 0 Å². The van der Waals surface area contributed by atoms with Crippen LogP contribution in [0.25, 0.3) is 0 Å². The van der Waals surface area contributed by atoms with Gasteiger partial charge in [-0.1, -0.05) is 20.8 Å². The number of thiophene rings is 1. The van der Waals surface area contributed by atoms with E-state index in [0.717, 1.165) is 24.3 Å². The van der Waals surface area contributed by atoms with E-state index < -0.39 is 10.0 Å². The monoisotopic (exact) mass is 394 g/mol. The van der Waals surface area contributed by atoms with Gasteiger partial charge in [-0.15, -0.1) is 11.3 Å². The summed E-state index contributed by atoms with van der Waals surface area (Å²) >= 11 is 4.87. The van der Waals surface area contributed by atoms with Crippen LogP contribution < -0.4 is 10.0 Å². The van der Waals surface area contributed by atoms with Crippen molar-refractivity contribution in [1.29, 1.82) is 0 Å². The lowest BCUT2D eigenvalue weighted by atomic mass is 9.98. The Morgan fingerprint density at radius 1 is 1.38 bits per heavy atom. The second-order valence-electron chi connectivity index (χ2n) is 5.77. The van der Waals surface area contributed by atoms with Gasteiger partial charge in [0, 0.05) is 17.5 Å². The molecule has 1 fully saturated rings. The fourth-order valence-electron chi connectivity index (χ4n) is 2.71. The maximum atomic E-state index is 12.6. The van der Waals surface area contributed by atoms with Crippen molar-refractivity contribution in [2.24, 2.45) is 11.8 Å². The van der Waals surface area contributed by atoms with Crippen molar-refractivity contribution < 1.29 is 8.42 Å². The van der Waals surface area contributed by atoms with Crippen LogP contribution in [0.4, 0.5) is 0 Å². The SMILES string of the molecule is CCNCc1cc(S(=O)(=O)NC2CCC(C)C2C)c(Br)s1. The number of sulfonamides is 1. The first-order valence-electron chi connectivity index (χ1n) is 7.36. The van der Waals surface area contributed by atoms with Crippen LogP contribution in [0.15, 0.2) is 14.7 Å². The van der Waals surface area contributed by atoms with Crippen LogP contribution >= 0.6 is 27.3 Å². The minimum absolute atomic E-state index is 0.0500. The molecular formula is C14H23BrN2O2S2. The number of hydrogen-bond donors (Lipinski definition) is 2. The maximum absolute atomic E-state index is 12.6. The van der Waals surface area contributed by atoms with E-state index in [1.807, 2.05) is 6.92 Å². The van der Waals surface area contributed by atoms with Crippen molar-refractivity contribution in [3.8, 4) is 0 Å². The highest BCUT2D eigenvalue weighted by molar-refractivity contribution is 9.11. The molecular weight excluding hydrogens is 372 g/mol. The lowest BCUT2D eigenvalue weighted by Crippen LogP contribution is -2.37. The molecule has 0 aromatic carbocycles. The third-order valence-corrected chi connectivity index (χ3v) is 8.06. The van der Waals surface area contributed by atoms with E-state index in [1.165, 1.54) is 11.3 Å². The predicted molar refractivity (Wildman–Crippen MR) is 91.1 cm³/mol. The minimum atomic E-state index is -3.45. The van der Waals surface area contributed by atoms with Gasteiger partial charge in [-0.25, -0.2) is 13.1 Å². The summed E-state index contributed by atoms with van der Waals surface area (Å²) in [7, 11) is -3.45. The third-order valence-electron chi connectivity index (χ3n) is 4.32. The van der Waals surface area contributed by atoms with Crippen molar-refractivity contribution in [3.05, 3.63) is 14.7 Å². The first-order valence-corrected chi connectivity index (χ1v) is 10.5. The van der Waals surface area contributed by atoms with Crippen LogP contribution in [0.2, 0.25) is 0 Å². The molecule has 120 valence electrons. The average Bonchev–Trinajstić information content (AvgIpc) is 2.94. The second-order valence-corrected chi connectivity index (χ2v) is 9.91. The highest BCUT2D eigenvalue weighted by Crippen LogP contribution is 2.35. The van der Waals surface area contributed by atoms with E-state index in [9.17, 15) is 8.42 Å². The molecule has 0 radical (unpaired) electrons. The fraction of sp³-hybridized carbons (Fsp3) is 0.714. The predicted octanol–water partition coefficient (Wildman–Crippen LogP) is 3.33. The molecule has 0 saturated heterocycles. The molecule has 1 aromatic rings. The standard InChI is InChI=1S/C14H23BrN2O2S2/c1-4-16-8-11-7-13(14(15)20-11)21(18,19)17-12-6-5-9(2)10(12)3/h7,9-10,12,16-17H,4-6,8H2,1-3H3. The molecule has 0 aliphatic heterocycles. The molecule has 1 aromatic heterocycles. The summed E-state index contributed by atoms with van der Waals surface area (Å²) in [6, 6.07) is 1.82. The second kappa shape index (κ2) is 7.08. The third kappa shape index (κ3) is 4.07. The van der Waals surface area contributed by atoms with Gasteiger partial charge >= 0.3 is 0 Å². The van der Waals surface area contributed by atoms with Crippen LogP contribution in [0.3, 0.4) is 0 Å². The number of rotatable bonds is 6. The Hall–Kier alpha value is 0.0500. The summed E-state index contributed by atoms with van der Waals surface area (Å²) in [5, 5.41) is 3.22. The van der Waals surface area contributed by atoms with Crippen molar-refractivity contribution in [3.63, 3.8) is 0 Å². The van der Waals surface area contributed by atoms with Gasteiger partial charge in [-0.05, 0) is 53.2 Å². The van der Waals surface area contributed by atoms with E-state index >= 15 is 0 Å². The largest absolute Gasteiger partial charge is 0.312 e. The van der Waals surface area contributed by atoms with Gasteiger partial charge in [0.2, 0.25) is 10.0 Å². The van der Waals surface area contributed by atoms with Crippen LogP contribution in [0.1, 0.15) is 38.5 Å². The van der Waals surface area contributed by atoms with Gasteiger partial charge in [0.1, 0.15) is 4.90 Å². The molecule has 1 aliphatic rings. The van der Waals surface area contributed by atoms with Crippen molar-refractivity contribution in [2.75, 3.05) is 6.54 Å². The summed E-state index contributed by atoms with van der Waals surface area (Å²) in [6.07, 6.45) is 2.01. The van der Waals surface area contributed by atoms with Crippen LogP contribution in [0, 0.1) is 11.8 Å². The van der Waals surface area contributed by atoms with Gasteiger partial charge in [0.15, 0.2) is 0 Å². The number of hydrogen-bond acceptors (Lipinski definition) is 4. The molecule has 1 heterocycles. The van der Waals surface area contributed by atoms with E-state index in [4.69, 9.17) is 0 Å². The van der Waals surface area contributed by atoms with Crippen molar-refractivity contribution in [1.82, 2.24) is 10.0 Å². The van der Waals surface area contributed by atoms with Gasteiger partial charge in [-0.3, -0.25) is 0 Å². The van der Waals surface area contributed by atoms with E-state index in [0.29, 0.717) is 27.1 Å². The Morgan fingerprint density at radius 3 is 2.67 bits per heavy atom. The van der Waals surface area contributed by atoms with Gasteiger partial charge in [0.05, 0.1) is 3.79 Å². The molecule has 2 N–H and O–H groups in total. The Kier molecular flexibility index (Phi) is 5.87. The zero-order valence-electron chi connectivity index (χ0n) is 12.6. The average molecular weight is 395 g/mol. The highest BCUT2D eigenvalue weighted by atomic mass is 79.9. The molecule has 1 aliphatic carbocycles. The molecule has 21 heavy (non-hydrogen) atoms. The molecule has 2 rings (SSSR count). The lowest BCUT2D eigenvalue weighted by molar-refractivity contribution is 0.402. The highest BCUT2D eigenvalue weighted by Gasteiger charge is 2.34. The smallest absolute Gasteiger partial charge is 0.242 e. The normalized spacial score (nSPS) is 26.4. The molecule has 3 atom stereocenters. The van der Waals surface area contributed by atoms with Crippen LogP contribution in [-0.2, 0) is 16.6 Å². The van der Waals surface area contributed by atoms with E-state index in [2.05, 4.69) is 39.8 Å². The van der Waals surface area contributed by atoms with Gasteiger partial charge in [-0.2, -0.15) is 0 Å². The maximum Gasteiger partial charge on any atom is 0.242 e. The van der Waals surface area contributed by atoms with Gasteiger partial charge < -0.3 is 5.32 Å². The molecule has 0 amide bonds. The summed E-state index contributed by atoms with van der Waals surface area (Å²) in [6.45, 7) is 7.92. The Labute approximate surface area is 139 Å². The quantitative estimate of drug-likeness (QED) is 0.777. The lowest BCUT2D eigenvalue weighted by Gasteiger charge is -2.19. The zero-order chi connectivity index (χ0) is 15.6. The van der Waals surface area contributed by atoms with E-state index in [-0.39, 0.29) is 6.04 Å². The molecule has 0 bridgehead atoms. The molecule has 3 unspecified atom stereocenters. The summed E-state index contributed by atoms with van der Waals surface area (Å²) in [4.78, 5) is 1.39. The minimum Gasteiger partial charge on any atom is -0.312 e. The van der Waals surface area contributed by atoms with Crippen molar-refractivity contribution in [2.45, 2.75) is 51.1 Å². The summed E-state index contributed by atoms with van der Waals surface area (Å²) < 4.78 is 28.8. The number of nitrogens with one attached hydrogen (secondary N) is 2. The first-order chi connectivity index (χ1) is 9.85.